The summed E-state index contributed by atoms with van der Waals surface area (Å²) >= 11 is 0. The van der Waals surface area contributed by atoms with Crippen LogP contribution < -0.4 is 4.74 Å². The lowest BCUT2D eigenvalue weighted by Crippen LogP contribution is -2.18. The van der Waals surface area contributed by atoms with Gasteiger partial charge in [-0.05, 0) is 12.1 Å². The number of ether oxygens (including phenoxy) is 1. The average molecular weight is 147 g/mol. The molecule has 1 aliphatic rings. The van der Waals surface area contributed by atoms with Gasteiger partial charge < -0.3 is 4.74 Å². The van der Waals surface area contributed by atoms with Crippen LogP contribution in [0.3, 0.4) is 0 Å². The van der Waals surface area contributed by atoms with Crippen LogP contribution in [0.15, 0.2) is 18.2 Å². The van der Waals surface area contributed by atoms with Gasteiger partial charge in [0.2, 0.25) is 0 Å². The minimum Gasteiger partial charge on any atom is -0.492 e. The van der Waals surface area contributed by atoms with Crippen molar-refractivity contribution < 1.29 is 4.74 Å². The van der Waals surface area contributed by atoms with Crippen molar-refractivity contribution >= 4 is 0 Å². The smallest absolute Gasteiger partial charge is 0.123 e. The van der Waals surface area contributed by atoms with Crippen LogP contribution in [0.5, 0.6) is 5.75 Å². The van der Waals surface area contributed by atoms with Gasteiger partial charge in [-0.3, -0.25) is 0 Å². The highest BCUT2D eigenvalue weighted by molar-refractivity contribution is 5.41. The van der Waals surface area contributed by atoms with Crippen molar-refractivity contribution in [1.82, 2.24) is 0 Å². The predicted molar refractivity (Wildman–Crippen MR) is 43.8 cm³/mol. The van der Waals surface area contributed by atoms with Crippen molar-refractivity contribution in [2.45, 2.75) is 19.3 Å². The highest BCUT2D eigenvalue weighted by atomic mass is 16.5. The molecule has 0 saturated carbocycles. The van der Waals surface area contributed by atoms with Gasteiger partial charge in [0.05, 0.1) is 6.61 Å². The van der Waals surface area contributed by atoms with Gasteiger partial charge in [0.1, 0.15) is 5.75 Å². The quantitative estimate of drug-likeness (QED) is 0.546. The molecule has 1 heterocycles. The van der Waals surface area contributed by atoms with Gasteiger partial charge in [-0.15, -0.1) is 0 Å². The molecule has 1 aliphatic heterocycles. The molecular weight excluding hydrogens is 136 g/mol. The predicted octanol–water partition coefficient (Wildman–Crippen LogP) is 2.16. The third-order valence-electron chi connectivity index (χ3n) is 2.14. The first-order chi connectivity index (χ1) is 5.20. The van der Waals surface area contributed by atoms with Crippen LogP contribution in [0, 0.1) is 6.07 Å². The van der Waals surface area contributed by atoms with Gasteiger partial charge in [-0.2, -0.15) is 0 Å². The summed E-state index contributed by atoms with van der Waals surface area (Å²) < 4.78 is 5.48. The van der Waals surface area contributed by atoms with Crippen LogP contribution in [0.2, 0.25) is 0 Å². The zero-order valence-electron chi connectivity index (χ0n) is 6.85. The lowest BCUT2D eigenvalue weighted by atomic mass is 9.87. The summed E-state index contributed by atoms with van der Waals surface area (Å²) in [5.74, 6) is 0.998. The van der Waals surface area contributed by atoms with Crippen LogP contribution in [0.25, 0.3) is 0 Å². The zero-order valence-corrected chi connectivity index (χ0v) is 6.85. The van der Waals surface area contributed by atoms with Gasteiger partial charge in [-0.1, -0.05) is 26.0 Å². The third-order valence-corrected chi connectivity index (χ3v) is 2.14. The van der Waals surface area contributed by atoms with Crippen molar-refractivity contribution in [1.29, 1.82) is 0 Å². The number of hydrogen-bond donors (Lipinski definition) is 0. The highest BCUT2D eigenvalue weighted by Gasteiger charge is 2.30. The van der Waals surface area contributed by atoms with Crippen LogP contribution in [0.4, 0.5) is 0 Å². The third kappa shape index (κ3) is 0.917. The Morgan fingerprint density at radius 2 is 2.36 bits per heavy atom. The average Bonchev–Trinajstić information content (AvgIpc) is 2.29. The zero-order chi connectivity index (χ0) is 7.90. The van der Waals surface area contributed by atoms with Crippen molar-refractivity contribution in [3.63, 3.8) is 0 Å². The molecule has 0 spiro atoms. The van der Waals surface area contributed by atoms with Crippen LogP contribution in [-0.2, 0) is 5.41 Å². The summed E-state index contributed by atoms with van der Waals surface area (Å²) in [5, 5.41) is 0. The lowest BCUT2D eigenvalue weighted by molar-refractivity contribution is 0.291. The molecular formula is C10H11O. The summed E-state index contributed by atoms with van der Waals surface area (Å²) in [5.41, 5.74) is 1.49. The second-order valence-electron chi connectivity index (χ2n) is 3.59. The first-order valence-electron chi connectivity index (χ1n) is 3.83. The molecule has 1 heteroatoms. The van der Waals surface area contributed by atoms with E-state index in [0.29, 0.717) is 0 Å². The molecule has 1 aromatic rings. The Kier molecular flexibility index (Phi) is 1.22. The molecule has 0 amide bonds. The van der Waals surface area contributed by atoms with Crippen molar-refractivity contribution in [3.8, 4) is 5.75 Å². The van der Waals surface area contributed by atoms with Crippen molar-refractivity contribution in [2.75, 3.05) is 6.61 Å². The number of fused-ring (bicyclic) bond motifs is 1. The number of benzene rings is 1. The van der Waals surface area contributed by atoms with Gasteiger partial charge >= 0.3 is 0 Å². The Bertz CT molecular complexity index is 276. The van der Waals surface area contributed by atoms with E-state index < -0.39 is 0 Å². The Labute approximate surface area is 67.0 Å². The van der Waals surface area contributed by atoms with Crippen LogP contribution >= 0.6 is 0 Å². The van der Waals surface area contributed by atoms with E-state index in [0.717, 1.165) is 12.4 Å². The molecule has 1 nitrogen and oxygen atoms in total. The molecule has 2 rings (SSSR count). The molecule has 0 saturated heterocycles. The molecule has 0 aromatic heterocycles. The summed E-state index contributed by atoms with van der Waals surface area (Å²) in [6, 6.07) is 8.94. The second kappa shape index (κ2) is 2.00. The molecule has 57 valence electrons. The second-order valence-corrected chi connectivity index (χ2v) is 3.59. The standard InChI is InChI=1S/C10H11O/c1-10(2)7-11-9-6-4-3-5-8(9)10/h3,5-6H,7H2,1-2H3. The largest absolute Gasteiger partial charge is 0.492 e. The molecule has 0 bridgehead atoms. The van der Waals surface area contributed by atoms with E-state index in [-0.39, 0.29) is 5.41 Å². The maximum atomic E-state index is 5.48. The topological polar surface area (TPSA) is 9.23 Å². The molecule has 11 heavy (non-hydrogen) atoms. The molecule has 0 aliphatic carbocycles. The molecule has 0 unspecified atom stereocenters. The van der Waals surface area contributed by atoms with E-state index in [2.05, 4.69) is 26.0 Å². The maximum Gasteiger partial charge on any atom is 0.123 e. The van der Waals surface area contributed by atoms with E-state index in [1.54, 1.807) is 0 Å². The minimum absolute atomic E-state index is 0.185. The van der Waals surface area contributed by atoms with Crippen LogP contribution in [-0.4, -0.2) is 6.61 Å². The fraction of sp³-hybridized carbons (Fsp3) is 0.400. The summed E-state index contributed by atoms with van der Waals surface area (Å²) in [4.78, 5) is 0. The molecule has 0 N–H and O–H groups in total. The Morgan fingerprint density at radius 3 is 3.09 bits per heavy atom. The fourth-order valence-electron chi connectivity index (χ4n) is 1.43. The van der Waals surface area contributed by atoms with E-state index >= 15 is 0 Å². The Balaban J connectivity index is 2.56. The first kappa shape index (κ1) is 6.71. The van der Waals surface area contributed by atoms with Gasteiger partial charge in [-0.25, -0.2) is 0 Å². The summed E-state index contributed by atoms with van der Waals surface area (Å²) in [6.45, 7) is 5.18. The van der Waals surface area contributed by atoms with Crippen molar-refractivity contribution in [2.24, 2.45) is 0 Å². The molecule has 0 atom stereocenters. The van der Waals surface area contributed by atoms with E-state index in [1.165, 1.54) is 5.56 Å². The SMILES string of the molecule is CC1(C)COc2c[c]ccc21. The lowest BCUT2D eigenvalue weighted by Gasteiger charge is -2.14. The summed E-state index contributed by atoms with van der Waals surface area (Å²) in [7, 11) is 0. The van der Waals surface area contributed by atoms with Crippen molar-refractivity contribution in [3.05, 3.63) is 29.8 Å². The number of hydrogen-bond acceptors (Lipinski definition) is 1. The van der Waals surface area contributed by atoms with E-state index in [9.17, 15) is 0 Å². The van der Waals surface area contributed by atoms with Gasteiger partial charge in [0.25, 0.3) is 0 Å². The maximum absolute atomic E-state index is 5.48. The van der Waals surface area contributed by atoms with Gasteiger partial charge in [0.15, 0.2) is 0 Å². The van der Waals surface area contributed by atoms with Crippen LogP contribution in [0.1, 0.15) is 19.4 Å². The Morgan fingerprint density at radius 1 is 1.55 bits per heavy atom. The normalized spacial score (nSPS) is 19.1. The van der Waals surface area contributed by atoms with E-state index in [1.807, 2.05) is 12.1 Å². The molecule has 1 aromatic carbocycles. The highest BCUT2D eigenvalue weighted by Crippen LogP contribution is 2.37. The number of rotatable bonds is 0. The minimum atomic E-state index is 0.185. The molecule has 1 radical (unpaired) electrons. The fourth-order valence-corrected chi connectivity index (χ4v) is 1.43. The Hall–Kier alpha value is -0.980. The summed E-state index contributed by atoms with van der Waals surface area (Å²) in [6.07, 6.45) is 0. The monoisotopic (exact) mass is 147 g/mol. The first-order valence-corrected chi connectivity index (χ1v) is 3.83. The van der Waals surface area contributed by atoms with E-state index in [4.69, 9.17) is 4.74 Å². The van der Waals surface area contributed by atoms with Gasteiger partial charge in [0, 0.05) is 11.0 Å². The molecule has 0 fully saturated rings.